The lowest BCUT2D eigenvalue weighted by atomic mass is 9.88. The standard InChI is InChI=1S/C19H29N3O/c1-15(2)11-18(23)22-17-8-5-7-16(12-17)13-21-14-19(3,4)9-6-10-20/h5,7-8,12,15,21H,6,9,11,13-14H2,1-4H3,(H,22,23). The normalized spacial score (nSPS) is 11.3. The summed E-state index contributed by atoms with van der Waals surface area (Å²) in [5.41, 5.74) is 2.10. The highest BCUT2D eigenvalue weighted by atomic mass is 16.1. The first-order chi connectivity index (χ1) is 10.8. The van der Waals surface area contributed by atoms with E-state index >= 15 is 0 Å². The van der Waals surface area contributed by atoms with Crippen LogP contribution in [0.15, 0.2) is 24.3 Å². The molecule has 4 nitrogen and oxygen atoms in total. The van der Waals surface area contributed by atoms with Gasteiger partial charge in [-0.2, -0.15) is 5.26 Å². The Balaban J connectivity index is 2.48. The van der Waals surface area contributed by atoms with Crippen molar-refractivity contribution in [1.29, 1.82) is 5.26 Å². The molecule has 0 spiro atoms. The highest BCUT2D eigenvalue weighted by molar-refractivity contribution is 5.90. The molecule has 1 aromatic rings. The van der Waals surface area contributed by atoms with Crippen LogP contribution in [0.1, 0.15) is 52.5 Å². The van der Waals surface area contributed by atoms with Crippen molar-refractivity contribution in [2.45, 2.75) is 53.5 Å². The maximum Gasteiger partial charge on any atom is 0.224 e. The Morgan fingerprint density at radius 3 is 2.74 bits per heavy atom. The number of hydrogen-bond acceptors (Lipinski definition) is 3. The van der Waals surface area contributed by atoms with E-state index in [1.54, 1.807) is 0 Å². The van der Waals surface area contributed by atoms with Gasteiger partial charge in [0.15, 0.2) is 0 Å². The van der Waals surface area contributed by atoms with Crippen LogP contribution in [0, 0.1) is 22.7 Å². The maximum absolute atomic E-state index is 11.8. The summed E-state index contributed by atoms with van der Waals surface area (Å²) in [5.74, 6) is 0.415. The van der Waals surface area contributed by atoms with Crippen molar-refractivity contribution in [3.8, 4) is 6.07 Å². The fourth-order valence-electron chi connectivity index (χ4n) is 2.37. The molecular weight excluding hydrogens is 286 g/mol. The van der Waals surface area contributed by atoms with Crippen LogP contribution < -0.4 is 10.6 Å². The van der Waals surface area contributed by atoms with Crippen molar-refractivity contribution in [2.75, 3.05) is 11.9 Å². The first kappa shape index (κ1) is 19.2. The molecule has 0 radical (unpaired) electrons. The highest BCUT2D eigenvalue weighted by Gasteiger charge is 2.16. The Kier molecular flexibility index (Phi) is 7.77. The Labute approximate surface area is 140 Å². The van der Waals surface area contributed by atoms with Crippen molar-refractivity contribution >= 4 is 11.6 Å². The van der Waals surface area contributed by atoms with E-state index in [4.69, 9.17) is 5.26 Å². The Morgan fingerprint density at radius 1 is 1.35 bits per heavy atom. The molecule has 0 unspecified atom stereocenters. The predicted molar refractivity (Wildman–Crippen MR) is 94.9 cm³/mol. The van der Waals surface area contributed by atoms with Gasteiger partial charge in [-0.15, -0.1) is 0 Å². The van der Waals surface area contributed by atoms with Crippen molar-refractivity contribution < 1.29 is 4.79 Å². The third-order valence-corrected chi connectivity index (χ3v) is 3.65. The van der Waals surface area contributed by atoms with Crippen LogP contribution in [0.3, 0.4) is 0 Å². The molecule has 0 aliphatic carbocycles. The van der Waals surface area contributed by atoms with Gasteiger partial charge in [0.1, 0.15) is 0 Å². The quantitative estimate of drug-likeness (QED) is 0.721. The maximum atomic E-state index is 11.8. The summed E-state index contributed by atoms with van der Waals surface area (Å²) in [5, 5.41) is 15.1. The van der Waals surface area contributed by atoms with Crippen LogP contribution in [-0.2, 0) is 11.3 Å². The van der Waals surface area contributed by atoms with Crippen LogP contribution in [0.5, 0.6) is 0 Å². The number of nitriles is 1. The van der Waals surface area contributed by atoms with Gasteiger partial charge in [0.2, 0.25) is 5.91 Å². The minimum Gasteiger partial charge on any atom is -0.326 e. The second-order valence-corrected chi connectivity index (χ2v) is 7.27. The smallest absolute Gasteiger partial charge is 0.224 e. The molecular formula is C19H29N3O. The van der Waals surface area contributed by atoms with Crippen LogP contribution >= 0.6 is 0 Å². The number of nitrogens with one attached hydrogen (secondary N) is 2. The molecule has 0 saturated heterocycles. The highest BCUT2D eigenvalue weighted by Crippen LogP contribution is 2.21. The largest absolute Gasteiger partial charge is 0.326 e. The number of amides is 1. The first-order valence-electron chi connectivity index (χ1n) is 8.29. The molecule has 126 valence electrons. The van der Waals surface area contributed by atoms with Gasteiger partial charge in [0.25, 0.3) is 0 Å². The third-order valence-electron chi connectivity index (χ3n) is 3.65. The average Bonchev–Trinajstić information content (AvgIpc) is 2.44. The average molecular weight is 315 g/mol. The number of benzene rings is 1. The Bertz CT molecular complexity index is 544. The number of nitrogens with zero attached hydrogens (tertiary/aromatic N) is 1. The van der Waals surface area contributed by atoms with Gasteiger partial charge in [-0.05, 0) is 35.4 Å². The van der Waals surface area contributed by atoms with E-state index in [2.05, 4.69) is 30.6 Å². The first-order valence-corrected chi connectivity index (χ1v) is 8.29. The molecule has 1 amide bonds. The van der Waals surface area contributed by atoms with Gasteiger partial charge in [0.05, 0.1) is 6.07 Å². The van der Waals surface area contributed by atoms with E-state index in [1.807, 2.05) is 38.1 Å². The molecule has 0 aliphatic heterocycles. The molecule has 2 N–H and O–H groups in total. The summed E-state index contributed by atoms with van der Waals surface area (Å²) in [6, 6.07) is 10.1. The number of carbonyl (C=O) groups is 1. The number of carbonyl (C=O) groups excluding carboxylic acids is 1. The molecule has 23 heavy (non-hydrogen) atoms. The van der Waals surface area contributed by atoms with E-state index < -0.39 is 0 Å². The van der Waals surface area contributed by atoms with Gasteiger partial charge in [0, 0.05) is 31.6 Å². The minimum absolute atomic E-state index is 0.0581. The summed E-state index contributed by atoms with van der Waals surface area (Å²) >= 11 is 0. The zero-order valence-electron chi connectivity index (χ0n) is 14.8. The molecule has 0 saturated carbocycles. The minimum atomic E-state index is 0.0581. The molecule has 4 heteroatoms. The Hall–Kier alpha value is -1.86. The fraction of sp³-hybridized carbons (Fsp3) is 0.579. The zero-order valence-corrected chi connectivity index (χ0v) is 14.8. The molecule has 0 atom stereocenters. The Morgan fingerprint density at radius 2 is 2.09 bits per heavy atom. The van der Waals surface area contributed by atoms with Gasteiger partial charge >= 0.3 is 0 Å². The van der Waals surface area contributed by atoms with Gasteiger partial charge < -0.3 is 10.6 Å². The molecule has 0 fully saturated rings. The van der Waals surface area contributed by atoms with Crippen LogP contribution in [0.25, 0.3) is 0 Å². The molecule has 0 heterocycles. The monoisotopic (exact) mass is 315 g/mol. The molecule has 0 aliphatic rings. The number of hydrogen-bond donors (Lipinski definition) is 2. The summed E-state index contributed by atoms with van der Waals surface area (Å²) in [7, 11) is 0. The predicted octanol–water partition coefficient (Wildman–Crippen LogP) is 4.09. The summed E-state index contributed by atoms with van der Waals surface area (Å²) in [4.78, 5) is 11.8. The molecule has 1 rings (SSSR count). The number of anilines is 1. The lowest BCUT2D eigenvalue weighted by molar-refractivity contribution is -0.116. The van der Waals surface area contributed by atoms with Crippen molar-refractivity contribution in [3.05, 3.63) is 29.8 Å². The summed E-state index contributed by atoms with van der Waals surface area (Å²) in [6.45, 7) is 10.0. The second-order valence-electron chi connectivity index (χ2n) is 7.27. The second kappa shape index (κ2) is 9.32. The van der Waals surface area contributed by atoms with Gasteiger partial charge in [-0.25, -0.2) is 0 Å². The lowest BCUT2D eigenvalue weighted by Gasteiger charge is -2.24. The SMILES string of the molecule is CC(C)CC(=O)Nc1cccc(CNCC(C)(C)CCC#N)c1. The molecule has 1 aromatic carbocycles. The van der Waals surface area contributed by atoms with E-state index in [1.165, 1.54) is 0 Å². The van der Waals surface area contributed by atoms with E-state index in [-0.39, 0.29) is 11.3 Å². The van der Waals surface area contributed by atoms with Crippen LogP contribution in [0.4, 0.5) is 5.69 Å². The van der Waals surface area contributed by atoms with E-state index in [9.17, 15) is 4.79 Å². The van der Waals surface area contributed by atoms with Crippen LogP contribution in [-0.4, -0.2) is 12.5 Å². The third kappa shape index (κ3) is 8.37. The van der Waals surface area contributed by atoms with Crippen molar-refractivity contribution in [2.24, 2.45) is 11.3 Å². The van der Waals surface area contributed by atoms with Crippen molar-refractivity contribution in [1.82, 2.24) is 5.32 Å². The van der Waals surface area contributed by atoms with Gasteiger partial charge in [-0.1, -0.05) is 39.8 Å². The van der Waals surface area contributed by atoms with Crippen LogP contribution in [0.2, 0.25) is 0 Å². The van der Waals surface area contributed by atoms with Gasteiger partial charge in [-0.3, -0.25) is 4.79 Å². The fourth-order valence-corrected chi connectivity index (χ4v) is 2.37. The number of rotatable bonds is 9. The summed E-state index contributed by atoms with van der Waals surface area (Å²) < 4.78 is 0. The zero-order chi connectivity index (χ0) is 17.3. The summed E-state index contributed by atoms with van der Waals surface area (Å²) in [6.07, 6.45) is 2.02. The molecule has 0 bridgehead atoms. The van der Waals surface area contributed by atoms with Crippen molar-refractivity contribution in [3.63, 3.8) is 0 Å². The van der Waals surface area contributed by atoms with E-state index in [0.29, 0.717) is 18.8 Å². The lowest BCUT2D eigenvalue weighted by Crippen LogP contribution is -2.29. The molecule has 0 aromatic heterocycles. The van der Waals surface area contributed by atoms with E-state index in [0.717, 1.165) is 30.8 Å². The topological polar surface area (TPSA) is 64.9 Å².